The molecule has 0 bridgehead atoms. The molecule has 25 heteroatoms. The Kier molecular flexibility index (Phi) is 19.3. The van der Waals surface area contributed by atoms with E-state index in [2.05, 4.69) is 29.8 Å². The number of allylic oxidation sites excluding steroid dienone is 8. The van der Waals surface area contributed by atoms with Crippen LogP contribution in [0, 0.1) is 0 Å². The predicted octanol–water partition coefficient (Wildman–Crippen LogP) is 7.55. The summed E-state index contributed by atoms with van der Waals surface area (Å²) in [5.41, 5.74) is 6.23. The minimum absolute atomic E-state index is 0.0286. The number of hydrogen-bond acceptors (Lipinski definition) is 13. The number of amides is 3. The second kappa shape index (κ2) is 24.9. The number of rotatable bonds is 26. The Balaban J connectivity index is 1.17. The van der Waals surface area contributed by atoms with Gasteiger partial charge in [0.25, 0.3) is 52.3 Å². The molecule has 3 heterocycles. The van der Waals surface area contributed by atoms with E-state index in [0.717, 1.165) is 61.8 Å². The summed E-state index contributed by atoms with van der Waals surface area (Å²) >= 11 is 7.34. The molecule has 3 aliphatic heterocycles. The highest BCUT2D eigenvalue weighted by atomic mass is 35.5. The third-order valence-corrected chi connectivity index (χ3v) is 18.7. The molecular formula is C55H69ClN5O15S4+. The largest absolute Gasteiger partial charge is 0.371 e. The lowest BCUT2D eigenvalue weighted by molar-refractivity contribution is -0.438. The lowest BCUT2D eigenvalue weighted by Gasteiger charge is -2.27. The molecule has 0 spiro atoms. The number of anilines is 2. The van der Waals surface area contributed by atoms with Gasteiger partial charge in [0.05, 0.1) is 27.6 Å². The zero-order chi connectivity index (χ0) is 58.6. The van der Waals surface area contributed by atoms with Gasteiger partial charge in [0.2, 0.25) is 11.6 Å². The van der Waals surface area contributed by atoms with Crippen molar-refractivity contribution in [2.75, 3.05) is 66.3 Å². The van der Waals surface area contributed by atoms with Crippen molar-refractivity contribution >= 4 is 103 Å². The fraction of sp³-hybridized carbons (Fsp3) is 0.455. The first-order chi connectivity index (χ1) is 37.4. The normalized spacial score (nSPS) is 18.5. The van der Waals surface area contributed by atoms with Crippen LogP contribution in [0.25, 0.3) is 10.8 Å². The smallest absolute Gasteiger partial charge is 0.294 e. The summed E-state index contributed by atoms with van der Waals surface area (Å²) in [7, 11) is -17.3. The summed E-state index contributed by atoms with van der Waals surface area (Å²) in [4.78, 5) is 41.1. The van der Waals surface area contributed by atoms with E-state index in [1.807, 2.05) is 61.2 Å². The highest BCUT2D eigenvalue weighted by Crippen LogP contribution is 2.50. The molecule has 0 aromatic heterocycles. The average molecular weight is 1200 g/mol. The molecule has 0 saturated heterocycles. The molecule has 0 saturated carbocycles. The SMILES string of the molecule is CC1(C)C(/C=C/C2=C(Cl)C(=C/C=C3/N(CCCS(=O)(=O)O)c4ccc(N(CCCS(=O)(=O)O)CCCS(=O)(=O)O)cc4C3(C)C)/CCC2)=[N+](CCCCCC(=O)NCCN2C(=O)C=CC2=O)c2ccc3cc(S(=O)(=O)O)ccc3c21. The average Bonchev–Trinajstić information content (AvgIpc) is 3.97. The van der Waals surface area contributed by atoms with E-state index in [9.17, 15) is 66.3 Å². The minimum atomic E-state index is -4.47. The second-order valence-corrected chi connectivity index (χ2v) is 28.0. The second-order valence-electron chi connectivity index (χ2n) is 21.5. The number of nitrogens with zero attached hydrogens (tertiary/aromatic N) is 4. The van der Waals surface area contributed by atoms with E-state index in [1.54, 1.807) is 17.0 Å². The lowest BCUT2D eigenvalue weighted by Crippen LogP contribution is -2.38. The van der Waals surface area contributed by atoms with Gasteiger partial charge in [-0.1, -0.05) is 43.7 Å². The van der Waals surface area contributed by atoms with E-state index >= 15 is 0 Å². The number of fused-ring (bicyclic) bond motifs is 4. The lowest BCUT2D eigenvalue weighted by atomic mass is 9.78. The zero-order valence-corrected chi connectivity index (χ0v) is 49.1. The van der Waals surface area contributed by atoms with Crippen molar-refractivity contribution in [2.45, 2.75) is 108 Å². The maximum atomic E-state index is 12.7. The molecule has 0 fully saturated rings. The first kappa shape index (κ1) is 62.0. The van der Waals surface area contributed by atoms with Crippen LogP contribution in [-0.2, 0) is 65.7 Å². The van der Waals surface area contributed by atoms with Crippen molar-refractivity contribution in [1.82, 2.24) is 10.2 Å². The first-order valence-corrected chi connectivity index (χ1v) is 33.0. The Labute approximate surface area is 473 Å². The summed E-state index contributed by atoms with van der Waals surface area (Å²) < 4.78 is 135. The minimum Gasteiger partial charge on any atom is -0.371 e. The topological polar surface area (TPSA) is 293 Å². The van der Waals surface area contributed by atoms with Gasteiger partial charge in [-0.3, -0.25) is 37.5 Å². The third-order valence-electron chi connectivity index (χ3n) is 15.0. The first-order valence-electron chi connectivity index (χ1n) is 26.4. The Bertz CT molecular complexity index is 3570. The van der Waals surface area contributed by atoms with Crippen LogP contribution in [0.15, 0.2) is 112 Å². The van der Waals surface area contributed by atoms with Gasteiger partial charge in [-0.15, -0.1) is 0 Å². The van der Waals surface area contributed by atoms with Crippen molar-refractivity contribution in [2.24, 2.45) is 0 Å². The molecule has 20 nitrogen and oxygen atoms in total. The summed E-state index contributed by atoms with van der Waals surface area (Å²) in [5.74, 6) is -2.54. The van der Waals surface area contributed by atoms with Crippen molar-refractivity contribution in [3.05, 3.63) is 118 Å². The predicted molar refractivity (Wildman–Crippen MR) is 308 cm³/mol. The van der Waals surface area contributed by atoms with Gasteiger partial charge >= 0.3 is 0 Å². The molecular weight excluding hydrogens is 1130 g/mol. The third kappa shape index (κ3) is 15.3. The van der Waals surface area contributed by atoms with Crippen LogP contribution in [0.2, 0.25) is 0 Å². The van der Waals surface area contributed by atoms with E-state index in [4.69, 9.17) is 11.6 Å². The summed E-state index contributed by atoms with van der Waals surface area (Å²) in [6.45, 7) is 9.47. The van der Waals surface area contributed by atoms with Crippen molar-refractivity contribution < 1.29 is 70.8 Å². The Morgan fingerprint density at radius 1 is 0.725 bits per heavy atom. The molecule has 3 aromatic rings. The number of benzene rings is 3. The van der Waals surface area contributed by atoms with Crippen molar-refractivity contribution in [3.63, 3.8) is 0 Å². The van der Waals surface area contributed by atoms with Gasteiger partial charge in [-0.25, -0.2) is 0 Å². The highest BCUT2D eigenvalue weighted by Gasteiger charge is 2.46. The Hall–Kier alpha value is -5.57. The van der Waals surface area contributed by atoms with Crippen molar-refractivity contribution in [1.29, 1.82) is 0 Å². The van der Waals surface area contributed by atoms with Gasteiger partial charge in [0.1, 0.15) is 6.54 Å². The van der Waals surface area contributed by atoms with Crippen molar-refractivity contribution in [3.8, 4) is 0 Å². The number of unbranched alkanes of at least 4 members (excludes halogenated alkanes) is 2. The maximum absolute atomic E-state index is 12.7. The van der Waals surface area contributed by atoms with E-state index in [1.165, 1.54) is 24.3 Å². The standard InChI is InChI=1S/C55H68ClN5O15S4/c1-54(2)44-37-41(58(28-9-33-77(65,66)67)29-10-34-78(68,69)70)18-22-45(44)59(31-11-35-79(71,72)73)47(54)23-16-38-12-8-13-39(53(38)56)17-24-48-55(3,4)52-43-20-19-42(80(74,75)76)36-40(43)15-21-46(52)60(48)30-7-5-6-14-49(62)57-27-32-61-50(63)25-26-51(61)64/h15-26,36-37H,5-14,27-35H2,1-4H3,(H4-,57,62,65,66,67,68,69,70,71,72,73,74,75,76)/p+1. The summed E-state index contributed by atoms with van der Waals surface area (Å²) in [5, 5.41) is 4.79. The van der Waals surface area contributed by atoms with Gasteiger partial charge in [-0.05, 0) is 135 Å². The number of carbonyl (C=O) groups is 3. The Morgan fingerprint density at radius 2 is 1.38 bits per heavy atom. The van der Waals surface area contributed by atoms with Crippen LogP contribution >= 0.6 is 11.6 Å². The van der Waals surface area contributed by atoms with E-state index in [-0.39, 0.29) is 69.2 Å². The molecule has 434 valence electrons. The number of nitrogens with one attached hydrogen (secondary N) is 1. The fourth-order valence-electron chi connectivity index (χ4n) is 11.1. The zero-order valence-electron chi connectivity index (χ0n) is 45.1. The van der Waals surface area contributed by atoms with Gasteiger partial charge in [0.15, 0.2) is 5.71 Å². The highest BCUT2D eigenvalue weighted by molar-refractivity contribution is 7.86. The molecule has 0 unspecified atom stereocenters. The summed E-state index contributed by atoms with van der Waals surface area (Å²) in [6.07, 6.45) is 14.9. The van der Waals surface area contributed by atoms with Gasteiger partial charge < -0.3 is 15.1 Å². The van der Waals surface area contributed by atoms with Crippen LogP contribution in [0.5, 0.6) is 0 Å². The van der Waals surface area contributed by atoms with Crippen LogP contribution in [0.3, 0.4) is 0 Å². The molecule has 0 radical (unpaired) electrons. The number of imide groups is 1. The summed E-state index contributed by atoms with van der Waals surface area (Å²) in [6, 6.07) is 13.9. The molecule has 3 aromatic carbocycles. The fourth-order valence-corrected chi connectivity index (χ4v) is 13.4. The molecule has 1 aliphatic carbocycles. The van der Waals surface area contributed by atoms with Crippen LogP contribution in [0.4, 0.5) is 17.1 Å². The van der Waals surface area contributed by atoms with Crippen LogP contribution in [0.1, 0.15) is 103 Å². The van der Waals surface area contributed by atoms with Crippen LogP contribution < -0.4 is 15.1 Å². The molecule has 5 N–H and O–H groups in total. The number of carbonyl (C=O) groups excluding carboxylic acids is 3. The Morgan fingerprint density at radius 3 is 2.01 bits per heavy atom. The quantitative estimate of drug-likeness (QED) is 0.0224. The van der Waals surface area contributed by atoms with Gasteiger partial charge in [-0.2, -0.15) is 38.2 Å². The monoisotopic (exact) mass is 1200 g/mol. The van der Waals surface area contributed by atoms with Gasteiger partial charge in [0, 0.05) is 103 Å². The molecule has 4 aliphatic rings. The molecule has 0 atom stereocenters. The van der Waals surface area contributed by atoms with E-state index < -0.39 is 80.4 Å². The number of hydrogen-bond donors (Lipinski definition) is 5. The van der Waals surface area contributed by atoms with Crippen LogP contribution in [-0.4, -0.2) is 141 Å². The maximum Gasteiger partial charge on any atom is 0.294 e. The molecule has 3 amide bonds. The van der Waals surface area contributed by atoms with E-state index in [0.29, 0.717) is 54.8 Å². The number of halogens is 1. The molecule has 7 rings (SSSR count). The molecule has 80 heavy (non-hydrogen) atoms.